The Bertz CT molecular complexity index is 575. The number of rotatable bonds is 3. The van der Waals surface area contributed by atoms with Crippen LogP contribution >= 0.6 is 0 Å². The highest BCUT2D eigenvalue weighted by Crippen LogP contribution is 2.30. The van der Waals surface area contributed by atoms with E-state index in [-0.39, 0.29) is 0 Å². The highest BCUT2D eigenvalue weighted by Gasteiger charge is 2.09. The topological polar surface area (TPSA) is 0 Å². The average Bonchev–Trinajstić information content (AvgIpc) is 2.97. The molecule has 2 rings (SSSR count). The summed E-state index contributed by atoms with van der Waals surface area (Å²) in [6.07, 6.45) is 10.1. The molecule has 0 bridgehead atoms. The summed E-state index contributed by atoms with van der Waals surface area (Å²) >= 11 is 0. The second-order valence-corrected chi connectivity index (χ2v) is 5.28. The largest absolute Gasteiger partial charge is 0.0736 e. The fraction of sp³-hybridized carbons (Fsp3) is 0.391. The third kappa shape index (κ3) is 6.86. The molecule has 1 aromatic carbocycles. The molecule has 0 spiro atoms. The van der Waals surface area contributed by atoms with Gasteiger partial charge in [-0.25, -0.2) is 0 Å². The van der Waals surface area contributed by atoms with E-state index in [1.165, 1.54) is 33.4 Å². The summed E-state index contributed by atoms with van der Waals surface area (Å²) in [5.41, 5.74) is 7.99. The molecule has 0 fully saturated rings. The lowest BCUT2D eigenvalue weighted by atomic mass is 10.1. The van der Waals surface area contributed by atoms with Gasteiger partial charge in [0.15, 0.2) is 0 Å². The van der Waals surface area contributed by atoms with E-state index in [2.05, 4.69) is 76.3 Å². The van der Waals surface area contributed by atoms with Gasteiger partial charge >= 0.3 is 0 Å². The zero-order valence-corrected chi connectivity index (χ0v) is 16.3. The molecule has 0 atom stereocenters. The van der Waals surface area contributed by atoms with Gasteiger partial charge in [-0.3, -0.25) is 0 Å². The Morgan fingerprint density at radius 2 is 1.48 bits per heavy atom. The molecule has 1 aliphatic carbocycles. The molecule has 23 heavy (non-hydrogen) atoms. The van der Waals surface area contributed by atoms with E-state index in [0.29, 0.717) is 0 Å². The zero-order valence-electron chi connectivity index (χ0n) is 16.3. The van der Waals surface area contributed by atoms with Crippen LogP contribution in [0.25, 0.3) is 5.57 Å². The first-order valence-electron chi connectivity index (χ1n) is 8.95. The summed E-state index contributed by atoms with van der Waals surface area (Å²) in [6, 6.07) is 8.73. The monoisotopic (exact) mass is 310 g/mol. The van der Waals surface area contributed by atoms with E-state index in [1.807, 2.05) is 27.7 Å². The maximum Gasteiger partial charge on any atom is -0.0175 e. The highest BCUT2D eigenvalue weighted by atomic mass is 14.1. The van der Waals surface area contributed by atoms with Crippen LogP contribution < -0.4 is 0 Å². The van der Waals surface area contributed by atoms with Gasteiger partial charge in [-0.2, -0.15) is 0 Å². The van der Waals surface area contributed by atoms with Crippen LogP contribution in [0.5, 0.6) is 0 Å². The fourth-order valence-electron chi connectivity index (χ4n) is 2.08. The maximum atomic E-state index is 2.28. The maximum absolute atomic E-state index is 2.28. The molecule has 126 valence electrons. The van der Waals surface area contributed by atoms with E-state index in [1.54, 1.807) is 0 Å². The second-order valence-electron chi connectivity index (χ2n) is 5.28. The molecule has 0 radical (unpaired) electrons. The first-order chi connectivity index (χ1) is 11.1. The van der Waals surface area contributed by atoms with Crippen LogP contribution in [0.3, 0.4) is 0 Å². The highest BCUT2D eigenvalue weighted by molar-refractivity contribution is 5.83. The molecule has 1 aromatic rings. The summed E-state index contributed by atoms with van der Waals surface area (Å²) in [7, 11) is 0. The van der Waals surface area contributed by atoms with Crippen LogP contribution in [0.1, 0.15) is 66.0 Å². The quantitative estimate of drug-likeness (QED) is 0.537. The smallest absolute Gasteiger partial charge is 0.0175 e. The van der Waals surface area contributed by atoms with E-state index < -0.39 is 0 Å². The molecule has 0 N–H and O–H groups in total. The van der Waals surface area contributed by atoms with Crippen LogP contribution in [-0.2, 0) is 0 Å². The van der Waals surface area contributed by atoms with E-state index in [9.17, 15) is 0 Å². The Labute approximate surface area is 144 Å². The SMILES string of the molecule is CC.CC.CC/C(C)=C\C=C1\C=C(c2ccc(C)cc2)C=C1C. The summed E-state index contributed by atoms with van der Waals surface area (Å²) < 4.78 is 0. The van der Waals surface area contributed by atoms with Crippen molar-refractivity contribution in [2.45, 2.75) is 61.8 Å². The van der Waals surface area contributed by atoms with Gasteiger partial charge in [0.1, 0.15) is 0 Å². The molecule has 0 aromatic heterocycles. The van der Waals surface area contributed by atoms with Gasteiger partial charge in [0.25, 0.3) is 0 Å². The first-order valence-corrected chi connectivity index (χ1v) is 8.95. The van der Waals surface area contributed by atoms with Crippen LogP contribution in [0.15, 0.2) is 65.3 Å². The molecular weight excluding hydrogens is 276 g/mol. The third-order valence-corrected chi connectivity index (χ3v) is 3.63. The summed E-state index contributed by atoms with van der Waals surface area (Å²) in [5.74, 6) is 0. The van der Waals surface area contributed by atoms with Crippen molar-refractivity contribution in [3.8, 4) is 0 Å². The van der Waals surface area contributed by atoms with Crippen LogP contribution in [-0.4, -0.2) is 0 Å². The van der Waals surface area contributed by atoms with Crippen molar-refractivity contribution in [2.24, 2.45) is 0 Å². The van der Waals surface area contributed by atoms with Gasteiger partial charge in [-0.1, -0.05) is 88.2 Å². The third-order valence-electron chi connectivity index (χ3n) is 3.63. The molecule has 0 amide bonds. The van der Waals surface area contributed by atoms with Gasteiger partial charge in [0, 0.05) is 0 Å². The molecule has 0 saturated heterocycles. The number of hydrogen-bond donors (Lipinski definition) is 0. The van der Waals surface area contributed by atoms with Crippen molar-refractivity contribution in [1.29, 1.82) is 0 Å². The Hall–Kier alpha value is -1.82. The first kappa shape index (κ1) is 21.2. The predicted molar refractivity (Wildman–Crippen MR) is 108 cm³/mol. The predicted octanol–water partition coefficient (Wildman–Crippen LogP) is 7.67. The molecule has 0 heteroatoms. The molecular formula is C23H34. The van der Waals surface area contributed by atoms with Crippen molar-refractivity contribution in [3.63, 3.8) is 0 Å². The zero-order chi connectivity index (χ0) is 17.8. The number of aryl methyl sites for hydroxylation is 1. The van der Waals surface area contributed by atoms with Crippen molar-refractivity contribution in [2.75, 3.05) is 0 Å². The number of hydrogen-bond acceptors (Lipinski definition) is 0. The Morgan fingerprint density at radius 1 is 0.913 bits per heavy atom. The van der Waals surface area contributed by atoms with E-state index >= 15 is 0 Å². The Kier molecular flexibility index (Phi) is 10.8. The lowest BCUT2D eigenvalue weighted by molar-refractivity contribution is 1.10. The van der Waals surface area contributed by atoms with Gasteiger partial charge < -0.3 is 0 Å². The molecule has 0 saturated carbocycles. The summed E-state index contributed by atoms with van der Waals surface area (Å²) in [5, 5.41) is 0. The van der Waals surface area contributed by atoms with Crippen LogP contribution in [0.2, 0.25) is 0 Å². The minimum Gasteiger partial charge on any atom is -0.0736 e. The standard InChI is InChI=1S/C19H22.2C2H6/c1-5-14(2)6-11-18-13-19(12-16(18)4)17-9-7-15(3)8-10-17;2*1-2/h6-13H,5H2,1-4H3;2*1-2H3/b14-6-,18-11-;;. The summed E-state index contributed by atoms with van der Waals surface area (Å²) in [4.78, 5) is 0. The van der Waals surface area contributed by atoms with Crippen molar-refractivity contribution in [3.05, 3.63) is 76.4 Å². The van der Waals surface area contributed by atoms with Crippen LogP contribution in [0.4, 0.5) is 0 Å². The van der Waals surface area contributed by atoms with E-state index in [0.717, 1.165) is 6.42 Å². The number of allylic oxidation sites excluding steroid dienone is 8. The van der Waals surface area contributed by atoms with Crippen LogP contribution in [0, 0.1) is 6.92 Å². The normalized spacial score (nSPS) is 15.1. The average molecular weight is 311 g/mol. The van der Waals surface area contributed by atoms with Gasteiger partial charge in [-0.05, 0) is 55.6 Å². The van der Waals surface area contributed by atoms with Crippen molar-refractivity contribution >= 4 is 5.57 Å². The minimum absolute atomic E-state index is 1.11. The fourth-order valence-corrected chi connectivity index (χ4v) is 2.08. The Balaban J connectivity index is 0.00000112. The molecule has 0 heterocycles. The van der Waals surface area contributed by atoms with Gasteiger partial charge in [0.2, 0.25) is 0 Å². The lowest BCUT2D eigenvalue weighted by Crippen LogP contribution is -1.79. The lowest BCUT2D eigenvalue weighted by Gasteiger charge is -1.99. The minimum atomic E-state index is 1.11. The van der Waals surface area contributed by atoms with Crippen molar-refractivity contribution < 1.29 is 0 Å². The second kappa shape index (κ2) is 11.7. The van der Waals surface area contributed by atoms with Gasteiger partial charge in [-0.15, -0.1) is 0 Å². The summed E-state index contributed by atoms with van der Waals surface area (Å²) in [6.45, 7) is 16.7. The molecule has 1 aliphatic rings. The molecule has 0 aliphatic heterocycles. The molecule has 0 unspecified atom stereocenters. The van der Waals surface area contributed by atoms with E-state index in [4.69, 9.17) is 0 Å². The van der Waals surface area contributed by atoms with Crippen molar-refractivity contribution in [1.82, 2.24) is 0 Å². The van der Waals surface area contributed by atoms with Gasteiger partial charge in [0.05, 0.1) is 0 Å². The molecule has 0 nitrogen and oxygen atoms in total. The number of benzene rings is 1. The Morgan fingerprint density at radius 3 is 2.00 bits per heavy atom.